The third kappa shape index (κ3) is 1.50. The molecular weight excluding hydrogens is 182 g/mol. The summed E-state index contributed by atoms with van der Waals surface area (Å²) in [6, 6.07) is 11.8. The first-order chi connectivity index (χ1) is 7.27. The molecule has 2 aliphatic rings. The molecule has 1 saturated carbocycles. The second kappa shape index (κ2) is 3.34. The highest BCUT2D eigenvalue weighted by atomic mass is 15.2. The first-order valence-corrected chi connectivity index (χ1v) is 6.06. The largest absolute Gasteiger partial charge is 0.300 e. The van der Waals surface area contributed by atoms with E-state index in [1.807, 2.05) is 0 Å². The summed E-state index contributed by atoms with van der Waals surface area (Å²) in [5.74, 6) is 2.78. The number of nitrogens with zero attached hydrogens (tertiary/aromatic N) is 1. The standard InChI is InChI=1S/C14H19N/c1-10(2)15-8-12-13(9-15)14(12)11-6-4-3-5-7-11/h3-7,10,12-14H,8-9H2,1-2H3/t12-,13+,14?. The number of fused-ring (bicyclic) bond motifs is 1. The maximum absolute atomic E-state index is 2.62. The summed E-state index contributed by atoms with van der Waals surface area (Å²) < 4.78 is 0. The predicted octanol–water partition coefficient (Wildman–Crippen LogP) is 2.74. The molecule has 1 heterocycles. The van der Waals surface area contributed by atoms with Gasteiger partial charge in [0.05, 0.1) is 0 Å². The Kier molecular flexibility index (Phi) is 2.10. The zero-order chi connectivity index (χ0) is 10.4. The summed E-state index contributed by atoms with van der Waals surface area (Å²) in [5.41, 5.74) is 1.57. The third-order valence-corrected chi connectivity index (χ3v) is 4.14. The van der Waals surface area contributed by atoms with Gasteiger partial charge in [-0.05, 0) is 37.2 Å². The lowest BCUT2D eigenvalue weighted by Gasteiger charge is -2.23. The van der Waals surface area contributed by atoms with Crippen LogP contribution in [-0.4, -0.2) is 24.0 Å². The minimum absolute atomic E-state index is 0.731. The lowest BCUT2D eigenvalue weighted by molar-refractivity contribution is 0.243. The summed E-state index contributed by atoms with van der Waals surface area (Å²) in [6.45, 7) is 7.26. The van der Waals surface area contributed by atoms with Crippen molar-refractivity contribution in [3.63, 3.8) is 0 Å². The Morgan fingerprint density at radius 3 is 2.20 bits per heavy atom. The van der Waals surface area contributed by atoms with Crippen LogP contribution in [0.1, 0.15) is 25.3 Å². The van der Waals surface area contributed by atoms with Crippen molar-refractivity contribution in [1.82, 2.24) is 4.90 Å². The van der Waals surface area contributed by atoms with Crippen molar-refractivity contribution >= 4 is 0 Å². The van der Waals surface area contributed by atoms with Gasteiger partial charge in [-0.15, -0.1) is 0 Å². The first kappa shape index (κ1) is 9.41. The molecule has 3 atom stereocenters. The molecular formula is C14H19N. The van der Waals surface area contributed by atoms with Crippen LogP contribution >= 0.6 is 0 Å². The molecule has 1 unspecified atom stereocenters. The van der Waals surface area contributed by atoms with E-state index in [4.69, 9.17) is 0 Å². The summed E-state index contributed by atoms with van der Waals surface area (Å²) >= 11 is 0. The van der Waals surface area contributed by atoms with Gasteiger partial charge in [-0.25, -0.2) is 0 Å². The van der Waals surface area contributed by atoms with Crippen molar-refractivity contribution in [2.75, 3.05) is 13.1 Å². The molecule has 1 aromatic rings. The number of hydrogen-bond donors (Lipinski definition) is 0. The zero-order valence-corrected chi connectivity index (χ0v) is 9.56. The molecule has 1 aromatic carbocycles. The van der Waals surface area contributed by atoms with E-state index >= 15 is 0 Å². The van der Waals surface area contributed by atoms with Crippen LogP contribution in [0.3, 0.4) is 0 Å². The van der Waals surface area contributed by atoms with E-state index in [1.165, 1.54) is 13.1 Å². The van der Waals surface area contributed by atoms with Crippen LogP contribution in [0.2, 0.25) is 0 Å². The van der Waals surface area contributed by atoms with Crippen molar-refractivity contribution in [2.24, 2.45) is 11.8 Å². The number of likely N-dealkylation sites (tertiary alicyclic amines) is 1. The number of piperidine rings is 1. The number of rotatable bonds is 2. The SMILES string of the molecule is CC(C)N1C[C@@H]2C(c3ccccc3)[C@@H]2C1. The minimum Gasteiger partial charge on any atom is -0.300 e. The fourth-order valence-corrected chi connectivity index (χ4v) is 3.15. The minimum atomic E-state index is 0.731. The van der Waals surface area contributed by atoms with Gasteiger partial charge in [-0.1, -0.05) is 30.3 Å². The summed E-state index contributed by atoms with van der Waals surface area (Å²) in [5, 5.41) is 0. The van der Waals surface area contributed by atoms with Gasteiger partial charge in [0.1, 0.15) is 0 Å². The molecule has 0 radical (unpaired) electrons. The maximum Gasteiger partial charge on any atom is 0.00388 e. The van der Waals surface area contributed by atoms with Gasteiger partial charge >= 0.3 is 0 Å². The van der Waals surface area contributed by atoms with E-state index in [2.05, 4.69) is 49.1 Å². The van der Waals surface area contributed by atoms with Gasteiger partial charge in [0, 0.05) is 19.1 Å². The van der Waals surface area contributed by atoms with E-state index in [-0.39, 0.29) is 0 Å². The number of hydrogen-bond acceptors (Lipinski definition) is 1. The quantitative estimate of drug-likeness (QED) is 0.711. The highest BCUT2D eigenvalue weighted by Gasteiger charge is 2.56. The van der Waals surface area contributed by atoms with Gasteiger partial charge in [-0.3, -0.25) is 0 Å². The van der Waals surface area contributed by atoms with Crippen LogP contribution in [0.4, 0.5) is 0 Å². The average molecular weight is 201 g/mol. The normalized spacial score (nSPS) is 34.5. The van der Waals surface area contributed by atoms with E-state index in [0.717, 1.165) is 23.8 Å². The topological polar surface area (TPSA) is 3.24 Å². The monoisotopic (exact) mass is 201 g/mol. The molecule has 0 aromatic heterocycles. The smallest absolute Gasteiger partial charge is 0.00388 e. The fraction of sp³-hybridized carbons (Fsp3) is 0.571. The molecule has 1 nitrogen and oxygen atoms in total. The Balaban J connectivity index is 1.68. The summed E-state index contributed by atoms with van der Waals surface area (Å²) in [7, 11) is 0. The second-order valence-electron chi connectivity index (χ2n) is 5.31. The zero-order valence-electron chi connectivity index (χ0n) is 9.56. The highest BCUT2D eigenvalue weighted by Crippen LogP contribution is 2.58. The van der Waals surface area contributed by atoms with E-state index in [0.29, 0.717) is 0 Å². The van der Waals surface area contributed by atoms with Gasteiger partial charge < -0.3 is 4.90 Å². The lowest BCUT2D eigenvalue weighted by atomic mass is 10.1. The van der Waals surface area contributed by atoms with Gasteiger partial charge in [0.2, 0.25) is 0 Å². The van der Waals surface area contributed by atoms with Crippen LogP contribution in [0.15, 0.2) is 30.3 Å². The second-order valence-corrected chi connectivity index (χ2v) is 5.31. The first-order valence-electron chi connectivity index (χ1n) is 6.06. The van der Waals surface area contributed by atoms with Crippen molar-refractivity contribution in [2.45, 2.75) is 25.8 Å². The number of benzene rings is 1. The Hall–Kier alpha value is -0.820. The van der Waals surface area contributed by atoms with Crippen LogP contribution in [0, 0.1) is 11.8 Å². The Morgan fingerprint density at radius 1 is 1.07 bits per heavy atom. The highest BCUT2D eigenvalue weighted by molar-refractivity contribution is 5.30. The molecule has 0 bridgehead atoms. The van der Waals surface area contributed by atoms with Crippen molar-refractivity contribution in [1.29, 1.82) is 0 Å². The van der Waals surface area contributed by atoms with E-state index < -0.39 is 0 Å². The summed E-state index contributed by atoms with van der Waals surface area (Å²) in [4.78, 5) is 2.62. The van der Waals surface area contributed by atoms with Gasteiger partial charge in [-0.2, -0.15) is 0 Å². The molecule has 0 spiro atoms. The van der Waals surface area contributed by atoms with Crippen LogP contribution < -0.4 is 0 Å². The maximum atomic E-state index is 2.62. The lowest BCUT2D eigenvalue weighted by Crippen LogP contribution is -2.30. The molecule has 1 heteroatoms. The predicted molar refractivity (Wildman–Crippen MR) is 62.9 cm³/mol. The third-order valence-electron chi connectivity index (χ3n) is 4.14. The Labute approximate surface area is 92.1 Å². The van der Waals surface area contributed by atoms with E-state index in [9.17, 15) is 0 Å². The molecule has 3 rings (SSSR count). The van der Waals surface area contributed by atoms with Crippen molar-refractivity contribution in [3.05, 3.63) is 35.9 Å². The fourth-order valence-electron chi connectivity index (χ4n) is 3.15. The van der Waals surface area contributed by atoms with Crippen LogP contribution in [0.5, 0.6) is 0 Å². The van der Waals surface area contributed by atoms with Crippen molar-refractivity contribution < 1.29 is 0 Å². The van der Waals surface area contributed by atoms with Crippen molar-refractivity contribution in [3.8, 4) is 0 Å². The summed E-state index contributed by atoms with van der Waals surface area (Å²) in [6.07, 6.45) is 0. The molecule has 2 fully saturated rings. The van der Waals surface area contributed by atoms with Gasteiger partial charge in [0.25, 0.3) is 0 Å². The molecule has 0 amide bonds. The Bertz CT molecular complexity index is 332. The van der Waals surface area contributed by atoms with Crippen LogP contribution in [0.25, 0.3) is 0 Å². The van der Waals surface area contributed by atoms with E-state index in [1.54, 1.807) is 5.56 Å². The molecule has 0 N–H and O–H groups in total. The molecule has 80 valence electrons. The molecule has 1 saturated heterocycles. The Morgan fingerprint density at radius 2 is 1.67 bits per heavy atom. The van der Waals surface area contributed by atoms with Gasteiger partial charge in [0.15, 0.2) is 0 Å². The van der Waals surface area contributed by atoms with Crippen LogP contribution in [-0.2, 0) is 0 Å². The average Bonchev–Trinajstić information content (AvgIpc) is 2.74. The molecule has 15 heavy (non-hydrogen) atoms. The molecule has 1 aliphatic heterocycles. The molecule has 1 aliphatic carbocycles.